The van der Waals surface area contributed by atoms with Gasteiger partial charge in [0.05, 0.1) is 18.7 Å². The van der Waals surface area contributed by atoms with Gasteiger partial charge in [-0.15, -0.1) is 0 Å². The minimum Gasteiger partial charge on any atom is -0.497 e. The number of likely N-dealkylation sites (tertiary alicyclic amines) is 1. The minimum atomic E-state index is -0.168. The van der Waals surface area contributed by atoms with Crippen LogP contribution in [0, 0.1) is 0 Å². The third kappa shape index (κ3) is 2.53. The van der Waals surface area contributed by atoms with Crippen molar-refractivity contribution in [2.45, 2.75) is 25.5 Å². The molecule has 108 valence electrons. The predicted molar refractivity (Wildman–Crippen MR) is 80.0 cm³/mol. The van der Waals surface area contributed by atoms with E-state index in [1.807, 2.05) is 6.07 Å². The van der Waals surface area contributed by atoms with E-state index in [4.69, 9.17) is 4.74 Å². The van der Waals surface area contributed by atoms with Crippen LogP contribution in [0.2, 0.25) is 0 Å². The second-order valence-corrected chi connectivity index (χ2v) is 5.68. The zero-order valence-corrected chi connectivity index (χ0v) is 12.2. The highest BCUT2D eigenvalue weighted by atomic mass is 16.5. The zero-order chi connectivity index (χ0) is 14.1. The molecular formula is C16H22N2O2. The van der Waals surface area contributed by atoms with Gasteiger partial charge in [0.2, 0.25) is 0 Å². The second-order valence-electron chi connectivity index (χ2n) is 5.68. The number of β-amino-alcohol motifs (C(OH)–C–C–N with tert-alkyl or cyclic N) is 1. The van der Waals surface area contributed by atoms with Crippen LogP contribution in [0.4, 0.5) is 0 Å². The van der Waals surface area contributed by atoms with E-state index < -0.39 is 0 Å². The molecule has 0 amide bonds. The fraction of sp³-hybridized carbons (Fsp3) is 0.500. The van der Waals surface area contributed by atoms with Gasteiger partial charge < -0.3 is 14.4 Å². The molecule has 1 aromatic heterocycles. The van der Waals surface area contributed by atoms with Crippen LogP contribution >= 0.6 is 0 Å². The molecule has 1 aromatic carbocycles. The van der Waals surface area contributed by atoms with Gasteiger partial charge in [-0.1, -0.05) is 0 Å². The van der Waals surface area contributed by atoms with E-state index in [1.54, 1.807) is 7.11 Å². The summed E-state index contributed by atoms with van der Waals surface area (Å²) >= 11 is 0. The summed E-state index contributed by atoms with van der Waals surface area (Å²) in [6.45, 7) is 2.76. The van der Waals surface area contributed by atoms with Gasteiger partial charge in [0, 0.05) is 37.8 Å². The highest BCUT2D eigenvalue weighted by molar-refractivity contribution is 5.85. The van der Waals surface area contributed by atoms with E-state index in [0.29, 0.717) is 0 Å². The van der Waals surface area contributed by atoms with Gasteiger partial charge in [-0.05, 0) is 37.1 Å². The van der Waals surface area contributed by atoms with Crippen molar-refractivity contribution in [3.05, 3.63) is 30.0 Å². The number of rotatable bonds is 3. The summed E-state index contributed by atoms with van der Waals surface area (Å²) in [5.41, 5.74) is 2.51. The number of methoxy groups -OCH3 is 1. The molecular weight excluding hydrogens is 252 g/mol. The first-order valence-electron chi connectivity index (χ1n) is 7.20. The maximum Gasteiger partial charge on any atom is 0.120 e. The van der Waals surface area contributed by atoms with Gasteiger partial charge in [0.1, 0.15) is 5.75 Å². The SMILES string of the molecule is COc1ccc2c(CN3CCC[C@H](O)C3)cn(C)c2c1. The Kier molecular flexibility index (Phi) is 3.68. The van der Waals surface area contributed by atoms with Crippen LogP contribution in [0.25, 0.3) is 10.9 Å². The van der Waals surface area contributed by atoms with Crippen LogP contribution in [0.3, 0.4) is 0 Å². The number of aryl methyl sites for hydroxylation is 1. The minimum absolute atomic E-state index is 0.168. The normalized spacial score (nSPS) is 20.4. The van der Waals surface area contributed by atoms with Gasteiger partial charge in [0.15, 0.2) is 0 Å². The highest BCUT2D eigenvalue weighted by Crippen LogP contribution is 2.26. The number of fused-ring (bicyclic) bond motifs is 1. The molecule has 0 unspecified atom stereocenters. The number of hydrogen-bond donors (Lipinski definition) is 1. The molecule has 2 aromatic rings. The van der Waals surface area contributed by atoms with Crippen molar-refractivity contribution in [2.75, 3.05) is 20.2 Å². The topological polar surface area (TPSA) is 37.6 Å². The van der Waals surface area contributed by atoms with Gasteiger partial charge in [-0.25, -0.2) is 0 Å². The molecule has 0 bridgehead atoms. The Balaban J connectivity index is 1.88. The number of aliphatic hydroxyl groups excluding tert-OH is 1. The molecule has 0 saturated carbocycles. The van der Waals surface area contributed by atoms with E-state index >= 15 is 0 Å². The predicted octanol–water partition coefficient (Wildman–Crippen LogP) is 2.14. The molecule has 3 rings (SSSR count). The first kappa shape index (κ1) is 13.5. The number of piperidine rings is 1. The molecule has 4 nitrogen and oxygen atoms in total. The number of aromatic nitrogens is 1. The summed E-state index contributed by atoms with van der Waals surface area (Å²) in [5, 5.41) is 11.1. The molecule has 4 heteroatoms. The maximum absolute atomic E-state index is 9.78. The summed E-state index contributed by atoms with van der Waals surface area (Å²) in [6, 6.07) is 6.21. The van der Waals surface area contributed by atoms with Crippen molar-refractivity contribution < 1.29 is 9.84 Å². The third-order valence-electron chi connectivity index (χ3n) is 4.15. The summed E-state index contributed by atoms with van der Waals surface area (Å²) in [4.78, 5) is 2.34. The Hall–Kier alpha value is -1.52. The summed E-state index contributed by atoms with van der Waals surface area (Å²) in [7, 11) is 3.76. The standard InChI is InChI=1S/C16H22N2O2/c1-17-9-12(10-18-7-3-4-13(19)11-18)15-6-5-14(20-2)8-16(15)17/h5-6,8-9,13,19H,3-4,7,10-11H2,1-2H3/t13-/m0/s1. The smallest absolute Gasteiger partial charge is 0.120 e. The number of benzene rings is 1. The van der Waals surface area contributed by atoms with Gasteiger partial charge in [-0.2, -0.15) is 0 Å². The molecule has 0 spiro atoms. The van der Waals surface area contributed by atoms with Crippen LogP contribution in [-0.2, 0) is 13.6 Å². The fourth-order valence-corrected chi connectivity index (χ4v) is 3.12. The Morgan fingerprint density at radius 2 is 2.25 bits per heavy atom. The van der Waals surface area contributed by atoms with E-state index in [1.165, 1.54) is 16.5 Å². The summed E-state index contributed by atoms with van der Waals surface area (Å²) in [5.74, 6) is 0.888. The maximum atomic E-state index is 9.78. The van der Waals surface area contributed by atoms with Crippen molar-refractivity contribution in [3.8, 4) is 5.75 Å². The molecule has 0 radical (unpaired) electrons. The Morgan fingerprint density at radius 3 is 3.00 bits per heavy atom. The Bertz CT molecular complexity index is 606. The molecule has 1 N–H and O–H groups in total. The second kappa shape index (κ2) is 5.46. The van der Waals surface area contributed by atoms with Crippen molar-refractivity contribution in [1.29, 1.82) is 0 Å². The van der Waals surface area contributed by atoms with Gasteiger partial charge in [-0.3, -0.25) is 4.90 Å². The summed E-state index contributed by atoms with van der Waals surface area (Å²) < 4.78 is 7.44. The highest BCUT2D eigenvalue weighted by Gasteiger charge is 2.19. The molecule has 20 heavy (non-hydrogen) atoms. The third-order valence-corrected chi connectivity index (χ3v) is 4.15. The molecule has 1 aliphatic rings. The van der Waals surface area contributed by atoms with Crippen molar-refractivity contribution >= 4 is 10.9 Å². The van der Waals surface area contributed by atoms with E-state index in [-0.39, 0.29) is 6.10 Å². The van der Waals surface area contributed by atoms with Crippen molar-refractivity contribution in [2.24, 2.45) is 7.05 Å². The monoisotopic (exact) mass is 274 g/mol. The van der Waals surface area contributed by atoms with Crippen LogP contribution in [0.15, 0.2) is 24.4 Å². The summed E-state index contributed by atoms with van der Waals surface area (Å²) in [6.07, 6.45) is 4.03. The lowest BCUT2D eigenvalue weighted by Gasteiger charge is -2.29. The lowest BCUT2D eigenvalue weighted by Crippen LogP contribution is -2.37. The average Bonchev–Trinajstić information content (AvgIpc) is 2.75. The fourth-order valence-electron chi connectivity index (χ4n) is 3.12. The molecule has 2 heterocycles. The molecule has 1 aliphatic heterocycles. The van der Waals surface area contributed by atoms with Crippen LogP contribution < -0.4 is 4.74 Å². The lowest BCUT2D eigenvalue weighted by atomic mass is 10.1. The van der Waals surface area contributed by atoms with Gasteiger partial charge >= 0.3 is 0 Å². The number of nitrogens with zero attached hydrogens (tertiary/aromatic N) is 2. The van der Waals surface area contributed by atoms with E-state index in [2.05, 4.69) is 34.8 Å². The largest absolute Gasteiger partial charge is 0.497 e. The van der Waals surface area contributed by atoms with Crippen molar-refractivity contribution in [1.82, 2.24) is 9.47 Å². The van der Waals surface area contributed by atoms with Crippen LogP contribution in [0.5, 0.6) is 5.75 Å². The Morgan fingerprint density at radius 1 is 1.40 bits per heavy atom. The number of hydrogen-bond acceptors (Lipinski definition) is 3. The molecule has 1 fully saturated rings. The van der Waals surface area contributed by atoms with Gasteiger partial charge in [0.25, 0.3) is 0 Å². The molecule has 0 aliphatic carbocycles. The van der Waals surface area contributed by atoms with E-state index in [9.17, 15) is 5.11 Å². The lowest BCUT2D eigenvalue weighted by molar-refractivity contribution is 0.0670. The first-order chi connectivity index (χ1) is 9.67. The van der Waals surface area contributed by atoms with E-state index in [0.717, 1.165) is 38.2 Å². The van der Waals surface area contributed by atoms with Crippen LogP contribution in [-0.4, -0.2) is 40.9 Å². The van der Waals surface area contributed by atoms with Crippen LogP contribution in [0.1, 0.15) is 18.4 Å². The molecule has 1 saturated heterocycles. The quantitative estimate of drug-likeness (QED) is 0.932. The average molecular weight is 274 g/mol. The first-order valence-corrected chi connectivity index (χ1v) is 7.20. The Labute approximate surface area is 119 Å². The molecule has 1 atom stereocenters. The number of ether oxygens (including phenoxy) is 1. The zero-order valence-electron chi connectivity index (χ0n) is 12.2. The number of aliphatic hydroxyl groups is 1. The van der Waals surface area contributed by atoms with Crippen molar-refractivity contribution in [3.63, 3.8) is 0 Å².